The SMILES string of the molecule is COc1ccc(NC(=O)c2nn(-c3ccc(C)cc3)c(=O)c3c2c2ccccc2n3C)c(OC)c1. The molecule has 0 spiro atoms. The van der Waals surface area contributed by atoms with Crippen LogP contribution in [0.15, 0.2) is 71.5 Å². The van der Waals surface area contributed by atoms with Crippen molar-refractivity contribution in [3.63, 3.8) is 0 Å². The maximum absolute atomic E-state index is 13.7. The van der Waals surface area contributed by atoms with Crippen LogP contribution in [0.25, 0.3) is 27.5 Å². The number of hydrogen-bond acceptors (Lipinski definition) is 5. The van der Waals surface area contributed by atoms with Crippen molar-refractivity contribution in [3.8, 4) is 17.2 Å². The van der Waals surface area contributed by atoms with E-state index in [4.69, 9.17) is 9.47 Å². The number of methoxy groups -OCH3 is 2. The van der Waals surface area contributed by atoms with Crippen molar-refractivity contribution < 1.29 is 14.3 Å². The molecule has 3 aromatic carbocycles. The maximum Gasteiger partial charge on any atom is 0.296 e. The average Bonchev–Trinajstić information content (AvgIpc) is 3.18. The molecule has 2 aromatic heterocycles. The van der Waals surface area contributed by atoms with E-state index in [-0.39, 0.29) is 11.3 Å². The van der Waals surface area contributed by atoms with Crippen molar-refractivity contribution in [1.29, 1.82) is 0 Å². The van der Waals surface area contributed by atoms with Crippen molar-refractivity contribution in [2.45, 2.75) is 6.92 Å². The normalized spacial score (nSPS) is 11.1. The minimum atomic E-state index is -0.462. The standard InChI is InChI=1S/C27H24N4O4/c1-16-9-11-17(12-10-16)31-27(33)25-23(19-7-5-6-8-21(19)30(25)2)24(29-31)26(32)28-20-14-13-18(34-3)15-22(20)35-4/h5-15H,1-4H3,(H,28,32). The van der Waals surface area contributed by atoms with E-state index in [1.165, 1.54) is 11.8 Å². The van der Waals surface area contributed by atoms with Gasteiger partial charge in [-0.2, -0.15) is 9.78 Å². The second kappa shape index (κ2) is 8.64. The second-order valence-corrected chi connectivity index (χ2v) is 8.22. The Kier molecular flexibility index (Phi) is 5.49. The van der Waals surface area contributed by atoms with E-state index >= 15 is 0 Å². The minimum Gasteiger partial charge on any atom is -0.497 e. The highest BCUT2D eigenvalue weighted by molar-refractivity contribution is 6.19. The van der Waals surface area contributed by atoms with Crippen LogP contribution in [0.4, 0.5) is 5.69 Å². The van der Waals surface area contributed by atoms with Gasteiger partial charge in [0.1, 0.15) is 17.0 Å². The zero-order valence-electron chi connectivity index (χ0n) is 19.8. The van der Waals surface area contributed by atoms with Gasteiger partial charge in [-0.05, 0) is 37.3 Å². The molecule has 5 rings (SSSR count). The molecular formula is C27H24N4O4. The third-order valence-electron chi connectivity index (χ3n) is 6.09. The molecule has 8 heteroatoms. The lowest BCUT2D eigenvalue weighted by molar-refractivity contribution is 0.102. The molecule has 0 bridgehead atoms. The molecule has 0 unspecified atom stereocenters. The number of hydrogen-bond donors (Lipinski definition) is 1. The summed E-state index contributed by atoms with van der Waals surface area (Å²) in [4.78, 5) is 27.3. The van der Waals surface area contributed by atoms with Gasteiger partial charge in [0.15, 0.2) is 5.69 Å². The van der Waals surface area contributed by atoms with Crippen LogP contribution in [0.3, 0.4) is 0 Å². The molecule has 2 heterocycles. The van der Waals surface area contributed by atoms with Crippen LogP contribution >= 0.6 is 0 Å². The number of aromatic nitrogens is 3. The van der Waals surface area contributed by atoms with Crippen LogP contribution in [-0.4, -0.2) is 34.5 Å². The first-order valence-corrected chi connectivity index (χ1v) is 11.0. The van der Waals surface area contributed by atoms with Gasteiger partial charge in [-0.1, -0.05) is 35.9 Å². The summed E-state index contributed by atoms with van der Waals surface area (Å²) in [5.74, 6) is 0.580. The molecule has 1 amide bonds. The topological polar surface area (TPSA) is 87.4 Å². The smallest absolute Gasteiger partial charge is 0.296 e. The minimum absolute atomic E-state index is 0.134. The lowest BCUT2D eigenvalue weighted by Crippen LogP contribution is -2.27. The molecule has 0 aliphatic carbocycles. The van der Waals surface area contributed by atoms with Crippen LogP contribution in [-0.2, 0) is 7.05 Å². The number of carbonyl (C=O) groups excluding carboxylic acids is 1. The van der Waals surface area contributed by atoms with Gasteiger partial charge in [0.2, 0.25) is 0 Å². The van der Waals surface area contributed by atoms with Crippen molar-refractivity contribution in [3.05, 3.63) is 88.3 Å². The van der Waals surface area contributed by atoms with Gasteiger partial charge >= 0.3 is 0 Å². The van der Waals surface area contributed by atoms with Crippen LogP contribution < -0.4 is 20.3 Å². The highest BCUT2D eigenvalue weighted by Crippen LogP contribution is 2.32. The number of nitrogens with zero attached hydrogens (tertiary/aromatic N) is 3. The zero-order valence-corrected chi connectivity index (χ0v) is 19.8. The summed E-state index contributed by atoms with van der Waals surface area (Å²) in [5, 5.41) is 8.74. The van der Waals surface area contributed by atoms with Crippen molar-refractivity contribution >= 4 is 33.4 Å². The Labute approximate surface area is 201 Å². The number of para-hydroxylation sites is 1. The second-order valence-electron chi connectivity index (χ2n) is 8.22. The van der Waals surface area contributed by atoms with Crippen LogP contribution in [0.1, 0.15) is 16.1 Å². The summed E-state index contributed by atoms with van der Waals surface area (Å²) in [5.41, 5.74) is 3.14. The van der Waals surface area contributed by atoms with Gasteiger partial charge in [0.25, 0.3) is 11.5 Å². The number of rotatable bonds is 5. The molecule has 0 aliphatic rings. The summed E-state index contributed by atoms with van der Waals surface area (Å²) in [6.45, 7) is 1.97. The van der Waals surface area contributed by atoms with Gasteiger partial charge in [-0.25, -0.2) is 0 Å². The van der Waals surface area contributed by atoms with E-state index in [2.05, 4.69) is 10.4 Å². The first kappa shape index (κ1) is 22.2. The first-order chi connectivity index (χ1) is 16.9. The molecule has 0 fully saturated rings. The molecule has 0 atom stereocenters. The molecular weight excluding hydrogens is 444 g/mol. The van der Waals surface area contributed by atoms with Crippen molar-refractivity contribution in [2.75, 3.05) is 19.5 Å². The summed E-state index contributed by atoms with van der Waals surface area (Å²) < 4.78 is 13.8. The molecule has 176 valence electrons. The van der Waals surface area contributed by atoms with Crippen LogP contribution in [0.5, 0.6) is 11.5 Å². The first-order valence-electron chi connectivity index (χ1n) is 11.0. The number of fused-ring (bicyclic) bond motifs is 3. The molecule has 1 N–H and O–H groups in total. The fourth-order valence-electron chi connectivity index (χ4n) is 4.28. The Morgan fingerprint density at radius 2 is 1.71 bits per heavy atom. The third-order valence-corrected chi connectivity index (χ3v) is 6.09. The van der Waals surface area contributed by atoms with E-state index < -0.39 is 5.91 Å². The fourth-order valence-corrected chi connectivity index (χ4v) is 4.28. The Balaban J connectivity index is 1.76. The summed E-state index contributed by atoms with van der Waals surface area (Å²) in [6.07, 6.45) is 0. The van der Waals surface area contributed by atoms with Gasteiger partial charge in [-0.15, -0.1) is 0 Å². The predicted molar refractivity (Wildman–Crippen MR) is 136 cm³/mol. The Hall–Kier alpha value is -4.59. The monoisotopic (exact) mass is 468 g/mol. The van der Waals surface area contributed by atoms with E-state index in [0.29, 0.717) is 33.8 Å². The quantitative estimate of drug-likeness (QED) is 0.412. The number of carbonyl (C=O) groups is 1. The molecule has 0 saturated carbocycles. The Morgan fingerprint density at radius 1 is 0.971 bits per heavy atom. The number of nitrogens with one attached hydrogen (secondary N) is 1. The largest absolute Gasteiger partial charge is 0.497 e. The van der Waals surface area contributed by atoms with Gasteiger partial charge in [0, 0.05) is 29.4 Å². The number of anilines is 1. The summed E-state index contributed by atoms with van der Waals surface area (Å²) >= 11 is 0. The van der Waals surface area contributed by atoms with E-state index in [1.807, 2.05) is 67.1 Å². The van der Waals surface area contributed by atoms with E-state index in [0.717, 1.165) is 16.5 Å². The van der Waals surface area contributed by atoms with Gasteiger partial charge in [0.05, 0.1) is 25.6 Å². The summed E-state index contributed by atoms with van der Waals surface area (Å²) in [6, 6.07) is 20.1. The highest BCUT2D eigenvalue weighted by Gasteiger charge is 2.24. The molecule has 35 heavy (non-hydrogen) atoms. The summed E-state index contributed by atoms with van der Waals surface area (Å²) in [7, 11) is 4.89. The average molecular weight is 469 g/mol. The van der Waals surface area contributed by atoms with Gasteiger partial charge < -0.3 is 19.4 Å². The Morgan fingerprint density at radius 3 is 2.43 bits per heavy atom. The lowest BCUT2D eigenvalue weighted by atomic mass is 10.1. The van der Waals surface area contributed by atoms with Crippen LogP contribution in [0, 0.1) is 6.92 Å². The number of ether oxygens (including phenoxy) is 2. The lowest BCUT2D eigenvalue weighted by Gasteiger charge is -2.13. The third kappa shape index (κ3) is 3.69. The molecule has 8 nitrogen and oxygen atoms in total. The maximum atomic E-state index is 13.7. The molecule has 0 saturated heterocycles. The number of aryl methyl sites for hydroxylation is 2. The number of amides is 1. The molecule has 5 aromatic rings. The van der Waals surface area contributed by atoms with E-state index in [9.17, 15) is 9.59 Å². The van der Waals surface area contributed by atoms with Crippen LogP contribution in [0.2, 0.25) is 0 Å². The molecule has 0 radical (unpaired) electrons. The number of benzene rings is 3. The molecule has 0 aliphatic heterocycles. The van der Waals surface area contributed by atoms with Crippen molar-refractivity contribution in [2.24, 2.45) is 7.05 Å². The van der Waals surface area contributed by atoms with E-state index in [1.54, 1.807) is 25.3 Å². The van der Waals surface area contributed by atoms with Gasteiger partial charge in [-0.3, -0.25) is 9.59 Å². The highest BCUT2D eigenvalue weighted by atomic mass is 16.5. The van der Waals surface area contributed by atoms with Crippen molar-refractivity contribution in [1.82, 2.24) is 14.3 Å². The Bertz CT molecular complexity index is 1650. The zero-order chi connectivity index (χ0) is 24.7. The predicted octanol–water partition coefficient (Wildman–Crippen LogP) is 4.46. The fraction of sp³-hybridized carbons (Fsp3) is 0.148.